The van der Waals surface area contributed by atoms with Gasteiger partial charge in [0.2, 0.25) is 5.28 Å². The molecule has 1 aromatic carbocycles. The van der Waals surface area contributed by atoms with Gasteiger partial charge in [0, 0.05) is 18.4 Å². The summed E-state index contributed by atoms with van der Waals surface area (Å²) in [5.41, 5.74) is 1.33. The van der Waals surface area contributed by atoms with Crippen LogP contribution in [0.2, 0.25) is 5.28 Å². The predicted octanol–water partition coefficient (Wildman–Crippen LogP) is 2.81. The van der Waals surface area contributed by atoms with Crippen molar-refractivity contribution in [2.24, 2.45) is 0 Å². The molecule has 0 aliphatic carbocycles. The number of para-hydroxylation sites is 1. The summed E-state index contributed by atoms with van der Waals surface area (Å²) in [6.45, 7) is 2.71. The first-order valence-electron chi connectivity index (χ1n) is 5.83. The van der Waals surface area contributed by atoms with Crippen LogP contribution in [0.4, 0.5) is 11.5 Å². The second kappa shape index (κ2) is 6.15. The van der Waals surface area contributed by atoms with Crippen LogP contribution in [0.1, 0.15) is 17.3 Å². The molecular weight excluding hydrogens is 264 g/mol. The lowest BCUT2D eigenvalue weighted by molar-refractivity contribution is 0.102. The Kier molecular flexibility index (Phi) is 4.30. The highest BCUT2D eigenvalue weighted by Gasteiger charge is 2.11. The molecule has 1 amide bonds. The fourth-order valence-corrected chi connectivity index (χ4v) is 1.76. The Bertz CT molecular complexity index is 588. The van der Waals surface area contributed by atoms with Crippen LogP contribution in [0.25, 0.3) is 0 Å². The molecule has 1 aromatic heterocycles. The Hall–Kier alpha value is -2.14. The van der Waals surface area contributed by atoms with Crippen molar-refractivity contribution in [1.29, 1.82) is 0 Å². The average Bonchev–Trinajstić information content (AvgIpc) is 2.39. The molecule has 0 unspecified atom stereocenters. The lowest BCUT2D eigenvalue weighted by Crippen LogP contribution is -2.15. The van der Waals surface area contributed by atoms with Gasteiger partial charge in [0.15, 0.2) is 0 Å². The lowest BCUT2D eigenvalue weighted by Gasteiger charge is -2.10. The Morgan fingerprint density at radius 3 is 2.84 bits per heavy atom. The summed E-state index contributed by atoms with van der Waals surface area (Å²) in [4.78, 5) is 19.8. The molecular formula is C13H13ClN4O. The first-order chi connectivity index (χ1) is 9.20. The van der Waals surface area contributed by atoms with Gasteiger partial charge in [-0.3, -0.25) is 4.79 Å². The maximum Gasteiger partial charge on any atom is 0.258 e. The van der Waals surface area contributed by atoms with Gasteiger partial charge in [-0.25, -0.2) is 9.97 Å². The zero-order chi connectivity index (χ0) is 13.7. The molecule has 6 heteroatoms. The molecule has 2 rings (SSSR count). The molecule has 0 fully saturated rings. The molecule has 98 valence electrons. The maximum absolute atomic E-state index is 12.2. The summed E-state index contributed by atoms with van der Waals surface area (Å²) < 4.78 is 0. The van der Waals surface area contributed by atoms with E-state index < -0.39 is 0 Å². The SMILES string of the molecule is CCNc1ccccc1C(=O)Nc1ccnc(Cl)n1. The first kappa shape index (κ1) is 13.3. The summed E-state index contributed by atoms with van der Waals surface area (Å²) in [5.74, 6) is 0.127. The molecule has 1 heterocycles. The zero-order valence-electron chi connectivity index (χ0n) is 10.4. The van der Waals surface area contributed by atoms with Crippen LogP contribution in [0.15, 0.2) is 36.5 Å². The molecule has 2 N–H and O–H groups in total. The second-order valence-corrected chi connectivity index (χ2v) is 4.08. The molecule has 0 saturated heterocycles. The first-order valence-corrected chi connectivity index (χ1v) is 6.21. The Morgan fingerprint density at radius 1 is 1.32 bits per heavy atom. The molecule has 0 radical (unpaired) electrons. The Balaban J connectivity index is 2.20. The van der Waals surface area contributed by atoms with Gasteiger partial charge in [-0.2, -0.15) is 0 Å². The largest absolute Gasteiger partial charge is 0.385 e. The summed E-state index contributed by atoms with van der Waals surface area (Å²) >= 11 is 5.67. The van der Waals surface area contributed by atoms with Crippen LogP contribution in [-0.4, -0.2) is 22.4 Å². The van der Waals surface area contributed by atoms with E-state index in [1.165, 1.54) is 6.20 Å². The number of hydrogen-bond acceptors (Lipinski definition) is 4. The highest BCUT2D eigenvalue weighted by Crippen LogP contribution is 2.16. The normalized spacial score (nSPS) is 10.0. The van der Waals surface area contributed by atoms with E-state index in [1.807, 2.05) is 25.1 Å². The molecule has 2 aromatic rings. The number of amides is 1. The van der Waals surface area contributed by atoms with E-state index in [0.717, 1.165) is 12.2 Å². The van der Waals surface area contributed by atoms with Crippen molar-refractivity contribution in [3.63, 3.8) is 0 Å². The summed E-state index contributed by atoms with van der Waals surface area (Å²) in [5, 5.41) is 5.91. The highest BCUT2D eigenvalue weighted by molar-refractivity contribution is 6.28. The topological polar surface area (TPSA) is 66.9 Å². The van der Waals surface area contributed by atoms with Crippen molar-refractivity contribution < 1.29 is 4.79 Å². The summed E-state index contributed by atoms with van der Waals surface area (Å²) in [7, 11) is 0. The van der Waals surface area contributed by atoms with Gasteiger partial charge in [0.1, 0.15) is 5.82 Å². The highest BCUT2D eigenvalue weighted by atomic mass is 35.5. The number of rotatable bonds is 4. The van der Waals surface area contributed by atoms with Gasteiger partial charge in [0.25, 0.3) is 5.91 Å². The zero-order valence-corrected chi connectivity index (χ0v) is 11.1. The van der Waals surface area contributed by atoms with E-state index in [-0.39, 0.29) is 11.2 Å². The number of halogens is 1. The van der Waals surface area contributed by atoms with Crippen molar-refractivity contribution in [2.45, 2.75) is 6.92 Å². The predicted molar refractivity (Wildman–Crippen MR) is 75.6 cm³/mol. The van der Waals surface area contributed by atoms with Crippen LogP contribution in [0, 0.1) is 0 Å². The Morgan fingerprint density at radius 2 is 2.11 bits per heavy atom. The molecule has 19 heavy (non-hydrogen) atoms. The van der Waals surface area contributed by atoms with Crippen molar-refractivity contribution in [3.05, 3.63) is 47.4 Å². The minimum atomic E-state index is -0.244. The Labute approximate surface area is 116 Å². The molecule has 5 nitrogen and oxygen atoms in total. The minimum absolute atomic E-state index is 0.0952. The number of nitrogens with one attached hydrogen (secondary N) is 2. The standard InChI is InChI=1S/C13H13ClN4O/c1-2-15-10-6-4-3-5-9(10)12(19)17-11-7-8-16-13(14)18-11/h3-8,15H,2H2,1H3,(H,16,17,18,19). The third kappa shape index (κ3) is 3.42. The average molecular weight is 277 g/mol. The van der Waals surface area contributed by atoms with Gasteiger partial charge in [-0.1, -0.05) is 12.1 Å². The van der Waals surface area contributed by atoms with Gasteiger partial charge >= 0.3 is 0 Å². The van der Waals surface area contributed by atoms with Gasteiger partial charge in [-0.05, 0) is 36.7 Å². The van der Waals surface area contributed by atoms with Crippen molar-refractivity contribution >= 4 is 29.0 Å². The molecule has 0 aliphatic heterocycles. The third-order valence-electron chi connectivity index (χ3n) is 2.41. The minimum Gasteiger partial charge on any atom is -0.385 e. The van der Waals surface area contributed by atoms with Gasteiger partial charge in [0.05, 0.1) is 5.56 Å². The fraction of sp³-hybridized carbons (Fsp3) is 0.154. The number of aromatic nitrogens is 2. The van der Waals surface area contributed by atoms with Crippen LogP contribution in [0.5, 0.6) is 0 Å². The van der Waals surface area contributed by atoms with Gasteiger partial charge < -0.3 is 10.6 Å². The van der Waals surface area contributed by atoms with E-state index in [4.69, 9.17) is 11.6 Å². The summed E-state index contributed by atoms with van der Waals surface area (Å²) in [6, 6.07) is 8.86. The number of nitrogens with zero attached hydrogens (tertiary/aromatic N) is 2. The molecule has 0 saturated carbocycles. The number of carbonyl (C=O) groups is 1. The van der Waals surface area contributed by atoms with E-state index in [1.54, 1.807) is 12.1 Å². The van der Waals surface area contributed by atoms with E-state index in [9.17, 15) is 4.79 Å². The van der Waals surface area contributed by atoms with Crippen LogP contribution in [0.3, 0.4) is 0 Å². The number of hydrogen-bond donors (Lipinski definition) is 2. The van der Waals surface area contributed by atoms with Crippen LogP contribution >= 0.6 is 11.6 Å². The molecule has 0 aliphatic rings. The van der Waals surface area contributed by atoms with Crippen molar-refractivity contribution in [2.75, 3.05) is 17.2 Å². The van der Waals surface area contributed by atoms with Crippen molar-refractivity contribution in [3.8, 4) is 0 Å². The quantitative estimate of drug-likeness (QED) is 0.843. The van der Waals surface area contributed by atoms with Crippen molar-refractivity contribution in [1.82, 2.24) is 9.97 Å². The number of anilines is 2. The summed E-state index contributed by atoms with van der Waals surface area (Å²) in [6.07, 6.45) is 1.49. The third-order valence-corrected chi connectivity index (χ3v) is 2.59. The monoisotopic (exact) mass is 276 g/mol. The van der Waals surface area contributed by atoms with Crippen LogP contribution in [-0.2, 0) is 0 Å². The lowest BCUT2D eigenvalue weighted by atomic mass is 10.1. The van der Waals surface area contributed by atoms with E-state index in [0.29, 0.717) is 11.4 Å². The molecule has 0 atom stereocenters. The molecule has 0 spiro atoms. The number of benzene rings is 1. The van der Waals surface area contributed by atoms with E-state index in [2.05, 4.69) is 20.6 Å². The second-order valence-electron chi connectivity index (χ2n) is 3.74. The van der Waals surface area contributed by atoms with E-state index >= 15 is 0 Å². The smallest absolute Gasteiger partial charge is 0.258 e. The van der Waals surface area contributed by atoms with Crippen LogP contribution < -0.4 is 10.6 Å². The number of carbonyl (C=O) groups excluding carboxylic acids is 1. The molecule has 0 bridgehead atoms. The maximum atomic E-state index is 12.2. The van der Waals surface area contributed by atoms with Gasteiger partial charge in [-0.15, -0.1) is 0 Å². The fourth-order valence-electron chi connectivity index (χ4n) is 1.61.